The summed E-state index contributed by atoms with van der Waals surface area (Å²) in [5.41, 5.74) is 1.000. The summed E-state index contributed by atoms with van der Waals surface area (Å²) in [5, 5.41) is 3.37. The molecular formula is C16H28N2O2S. The molecule has 4 nitrogen and oxygen atoms in total. The van der Waals surface area contributed by atoms with Gasteiger partial charge in [0.2, 0.25) is 10.0 Å². The summed E-state index contributed by atoms with van der Waals surface area (Å²) in [4.78, 5) is 0.349. The molecule has 1 aromatic rings. The van der Waals surface area contributed by atoms with Gasteiger partial charge in [-0.3, -0.25) is 0 Å². The van der Waals surface area contributed by atoms with Crippen LogP contribution in [0.5, 0.6) is 0 Å². The van der Waals surface area contributed by atoms with Gasteiger partial charge in [0, 0.05) is 12.6 Å². The zero-order valence-corrected chi connectivity index (χ0v) is 14.2. The highest BCUT2D eigenvalue weighted by Crippen LogP contribution is 2.17. The molecule has 0 saturated carbocycles. The molecule has 1 aromatic carbocycles. The Morgan fingerprint density at radius 2 is 1.86 bits per heavy atom. The van der Waals surface area contributed by atoms with Crippen molar-refractivity contribution in [2.75, 3.05) is 13.1 Å². The van der Waals surface area contributed by atoms with Crippen molar-refractivity contribution in [2.24, 2.45) is 0 Å². The third kappa shape index (κ3) is 6.16. The first-order chi connectivity index (χ1) is 10.0. The van der Waals surface area contributed by atoms with Gasteiger partial charge in [-0.1, -0.05) is 38.8 Å². The molecule has 0 radical (unpaired) electrons. The predicted molar refractivity (Wildman–Crippen MR) is 87.9 cm³/mol. The third-order valence-corrected chi connectivity index (χ3v) is 4.90. The summed E-state index contributed by atoms with van der Waals surface area (Å²) in [5.74, 6) is 0. The van der Waals surface area contributed by atoms with Crippen LogP contribution in [0.1, 0.15) is 58.1 Å². The van der Waals surface area contributed by atoms with Crippen molar-refractivity contribution in [1.82, 2.24) is 10.0 Å². The van der Waals surface area contributed by atoms with Crippen LogP contribution >= 0.6 is 0 Å². The van der Waals surface area contributed by atoms with E-state index in [1.807, 2.05) is 6.07 Å². The molecule has 0 fully saturated rings. The van der Waals surface area contributed by atoms with Crippen LogP contribution in [0.4, 0.5) is 0 Å². The summed E-state index contributed by atoms with van der Waals surface area (Å²) in [6, 6.07) is 7.33. The monoisotopic (exact) mass is 312 g/mol. The smallest absolute Gasteiger partial charge is 0.240 e. The van der Waals surface area contributed by atoms with E-state index in [1.165, 1.54) is 0 Å². The molecule has 120 valence electrons. The number of rotatable bonds is 10. The van der Waals surface area contributed by atoms with Gasteiger partial charge in [-0.25, -0.2) is 13.1 Å². The van der Waals surface area contributed by atoms with Gasteiger partial charge in [0.05, 0.1) is 4.90 Å². The first kappa shape index (κ1) is 18.1. The molecule has 2 N–H and O–H groups in total. The van der Waals surface area contributed by atoms with Gasteiger partial charge < -0.3 is 5.32 Å². The predicted octanol–water partition coefficient (Wildman–Crippen LogP) is 3.22. The van der Waals surface area contributed by atoms with Crippen molar-refractivity contribution >= 4 is 10.0 Å². The largest absolute Gasteiger partial charge is 0.310 e. The van der Waals surface area contributed by atoms with Crippen LogP contribution in [-0.2, 0) is 10.0 Å². The van der Waals surface area contributed by atoms with Crippen molar-refractivity contribution in [2.45, 2.75) is 57.4 Å². The molecule has 21 heavy (non-hydrogen) atoms. The van der Waals surface area contributed by atoms with Crippen LogP contribution in [0.25, 0.3) is 0 Å². The van der Waals surface area contributed by atoms with E-state index in [9.17, 15) is 8.42 Å². The van der Waals surface area contributed by atoms with Crippen LogP contribution in [0.3, 0.4) is 0 Å². The summed E-state index contributed by atoms with van der Waals surface area (Å²) < 4.78 is 27.2. The molecule has 1 atom stereocenters. The van der Waals surface area contributed by atoms with Crippen molar-refractivity contribution < 1.29 is 8.42 Å². The molecule has 5 heteroatoms. The second-order valence-electron chi connectivity index (χ2n) is 5.35. The molecule has 1 unspecified atom stereocenters. The Balaban J connectivity index is 2.73. The Kier molecular flexibility index (Phi) is 7.93. The maximum Gasteiger partial charge on any atom is 0.240 e. The number of hydrogen-bond acceptors (Lipinski definition) is 3. The second-order valence-corrected chi connectivity index (χ2v) is 7.12. The number of benzene rings is 1. The van der Waals surface area contributed by atoms with Gasteiger partial charge in [0.15, 0.2) is 0 Å². The molecule has 0 aliphatic carbocycles. The van der Waals surface area contributed by atoms with E-state index >= 15 is 0 Å². The lowest BCUT2D eigenvalue weighted by atomic mass is 10.1. The average Bonchev–Trinajstić information content (AvgIpc) is 2.49. The van der Waals surface area contributed by atoms with E-state index in [0.29, 0.717) is 11.4 Å². The minimum atomic E-state index is -3.40. The highest BCUT2D eigenvalue weighted by atomic mass is 32.2. The molecule has 0 heterocycles. The quantitative estimate of drug-likeness (QED) is 0.652. The minimum Gasteiger partial charge on any atom is -0.310 e. The second kappa shape index (κ2) is 9.18. The Morgan fingerprint density at radius 3 is 2.52 bits per heavy atom. The van der Waals surface area contributed by atoms with E-state index in [4.69, 9.17) is 0 Å². The third-order valence-electron chi connectivity index (χ3n) is 3.44. The molecule has 0 aliphatic rings. The van der Waals surface area contributed by atoms with Crippen LogP contribution in [0.15, 0.2) is 29.2 Å². The first-order valence-corrected chi connectivity index (χ1v) is 9.32. The standard InChI is InChI=1S/C16H28N2O2S/c1-4-6-7-12-18-21(19,20)16-10-8-9-15(13-16)14(3)17-11-5-2/h8-10,13-14,17-18H,4-7,11-12H2,1-3H3. The zero-order valence-electron chi connectivity index (χ0n) is 13.4. The molecule has 1 rings (SSSR count). The molecular weight excluding hydrogens is 284 g/mol. The first-order valence-electron chi connectivity index (χ1n) is 7.84. The van der Waals surface area contributed by atoms with E-state index in [2.05, 4.69) is 30.8 Å². The number of nitrogens with one attached hydrogen (secondary N) is 2. The minimum absolute atomic E-state index is 0.153. The van der Waals surface area contributed by atoms with E-state index < -0.39 is 10.0 Å². The summed E-state index contributed by atoms with van der Waals surface area (Å²) in [6.07, 6.45) is 4.06. The van der Waals surface area contributed by atoms with Crippen LogP contribution in [0.2, 0.25) is 0 Å². The Morgan fingerprint density at radius 1 is 1.10 bits per heavy atom. The van der Waals surface area contributed by atoms with Gasteiger partial charge in [-0.05, 0) is 44.0 Å². The molecule has 0 aliphatic heterocycles. The van der Waals surface area contributed by atoms with Crippen molar-refractivity contribution in [1.29, 1.82) is 0 Å². The van der Waals surface area contributed by atoms with Crippen molar-refractivity contribution in [3.8, 4) is 0 Å². The van der Waals surface area contributed by atoms with Crippen molar-refractivity contribution in [3.63, 3.8) is 0 Å². The lowest BCUT2D eigenvalue weighted by Crippen LogP contribution is -2.25. The molecule has 0 saturated heterocycles. The van der Waals surface area contributed by atoms with Gasteiger partial charge in [0.1, 0.15) is 0 Å². The van der Waals surface area contributed by atoms with Crippen molar-refractivity contribution in [3.05, 3.63) is 29.8 Å². The Bertz CT molecular complexity index is 515. The molecule has 0 amide bonds. The highest BCUT2D eigenvalue weighted by molar-refractivity contribution is 7.89. The highest BCUT2D eigenvalue weighted by Gasteiger charge is 2.15. The normalized spacial score (nSPS) is 13.3. The fraction of sp³-hybridized carbons (Fsp3) is 0.625. The lowest BCUT2D eigenvalue weighted by molar-refractivity contribution is 0.566. The summed E-state index contributed by atoms with van der Waals surface area (Å²) in [7, 11) is -3.40. The maximum atomic E-state index is 12.3. The van der Waals surface area contributed by atoms with Gasteiger partial charge in [0.25, 0.3) is 0 Å². The average molecular weight is 312 g/mol. The maximum absolute atomic E-state index is 12.3. The molecule has 0 spiro atoms. The fourth-order valence-corrected chi connectivity index (χ4v) is 3.22. The van der Waals surface area contributed by atoms with Crippen LogP contribution in [-0.4, -0.2) is 21.5 Å². The zero-order chi connectivity index (χ0) is 15.7. The summed E-state index contributed by atoms with van der Waals surface area (Å²) >= 11 is 0. The SMILES string of the molecule is CCCCCNS(=O)(=O)c1cccc(C(C)NCCC)c1. The van der Waals surface area contributed by atoms with Crippen LogP contribution in [0, 0.1) is 0 Å². The van der Waals surface area contributed by atoms with E-state index in [-0.39, 0.29) is 6.04 Å². The number of unbranched alkanes of at least 4 members (excludes halogenated alkanes) is 2. The van der Waals surface area contributed by atoms with Crippen LogP contribution < -0.4 is 10.0 Å². The summed E-state index contributed by atoms with van der Waals surface area (Å²) in [6.45, 7) is 7.69. The van der Waals surface area contributed by atoms with Gasteiger partial charge in [-0.15, -0.1) is 0 Å². The molecule has 0 bridgehead atoms. The number of hydrogen-bond donors (Lipinski definition) is 2. The van der Waals surface area contributed by atoms with E-state index in [0.717, 1.165) is 37.8 Å². The Labute approximate surface area is 129 Å². The number of sulfonamides is 1. The molecule has 0 aromatic heterocycles. The topological polar surface area (TPSA) is 58.2 Å². The van der Waals surface area contributed by atoms with Gasteiger partial charge in [-0.2, -0.15) is 0 Å². The van der Waals surface area contributed by atoms with Gasteiger partial charge >= 0.3 is 0 Å². The van der Waals surface area contributed by atoms with E-state index in [1.54, 1.807) is 18.2 Å². The Hall–Kier alpha value is -0.910. The lowest BCUT2D eigenvalue weighted by Gasteiger charge is -2.15. The fourth-order valence-electron chi connectivity index (χ4n) is 2.09.